The molecule has 0 saturated carbocycles. The molecule has 2 N–H and O–H groups in total. The predicted molar refractivity (Wildman–Crippen MR) is 67.3 cm³/mol. The number of nitrogens with zero attached hydrogens (tertiary/aromatic N) is 3. The van der Waals surface area contributed by atoms with Crippen molar-refractivity contribution in [2.24, 2.45) is 0 Å². The van der Waals surface area contributed by atoms with E-state index in [1.54, 1.807) is 6.07 Å². The normalized spacial score (nSPS) is 11.5. The number of hydrogen-bond acceptors (Lipinski definition) is 3. The average Bonchev–Trinajstić information content (AvgIpc) is 2.57. The van der Waals surface area contributed by atoms with Gasteiger partial charge in [-0.1, -0.05) is 6.07 Å². The lowest BCUT2D eigenvalue weighted by molar-refractivity contribution is 0.388. The van der Waals surface area contributed by atoms with E-state index in [0.29, 0.717) is 11.5 Å². The molecule has 1 aromatic carbocycles. The molecule has 2 rings (SSSR count). The fourth-order valence-electron chi connectivity index (χ4n) is 1.91. The zero-order valence-electron chi connectivity index (χ0n) is 10.2. The monoisotopic (exact) mass is 236 g/mol. The maximum absolute atomic E-state index is 13.5. The molecule has 0 fully saturated rings. The van der Waals surface area contributed by atoms with E-state index in [-0.39, 0.29) is 5.82 Å². The molecule has 92 valence electrons. The van der Waals surface area contributed by atoms with E-state index in [1.807, 2.05) is 24.7 Å². The van der Waals surface area contributed by atoms with Crippen LogP contribution in [0.25, 0.3) is 11.0 Å². The third kappa shape index (κ3) is 2.39. The molecular weight excluding hydrogens is 219 g/mol. The van der Waals surface area contributed by atoms with Crippen molar-refractivity contribution in [1.82, 2.24) is 14.5 Å². The lowest BCUT2D eigenvalue weighted by atomic mass is 10.3. The molecule has 2 aromatic rings. The van der Waals surface area contributed by atoms with Gasteiger partial charge in [-0.25, -0.2) is 9.37 Å². The Kier molecular flexibility index (Phi) is 3.28. The van der Waals surface area contributed by atoms with Gasteiger partial charge in [0.2, 0.25) is 5.95 Å². The Morgan fingerprint density at radius 1 is 1.41 bits per heavy atom. The van der Waals surface area contributed by atoms with E-state index in [1.165, 1.54) is 6.07 Å². The van der Waals surface area contributed by atoms with Gasteiger partial charge in [-0.05, 0) is 39.2 Å². The molecule has 0 aliphatic carbocycles. The van der Waals surface area contributed by atoms with Crippen molar-refractivity contribution in [3.8, 4) is 0 Å². The smallest absolute Gasteiger partial charge is 0.201 e. The molecule has 0 bridgehead atoms. The number of benzene rings is 1. The molecule has 5 heteroatoms. The molecule has 0 saturated heterocycles. The number of aryl methyl sites for hydroxylation is 1. The van der Waals surface area contributed by atoms with Crippen molar-refractivity contribution in [3.05, 3.63) is 24.0 Å². The van der Waals surface area contributed by atoms with Crippen LogP contribution in [0.3, 0.4) is 0 Å². The van der Waals surface area contributed by atoms with Gasteiger partial charge in [0, 0.05) is 6.54 Å². The average molecular weight is 236 g/mol. The summed E-state index contributed by atoms with van der Waals surface area (Å²) in [6.45, 7) is 1.72. The number of rotatable bonds is 4. The van der Waals surface area contributed by atoms with Crippen LogP contribution in [0.2, 0.25) is 0 Å². The summed E-state index contributed by atoms with van der Waals surface area (Å²) in [5.41, 5.74) is 6.93. The van der Waals surface area contributed by atoms with Crippen LogP contribution in [0.5, 0.6) is 0 Å². The molecule has 1 heterocycles. The van der Waals surface area contributed by atoms with E-state index >= 15 is 0 Å². The fraction of sp³-hybridized carbons (Fsp3) is 0.417. The van der Waals surface area contributed by atoms with Crippen molar-refractivity contribution in [2.45, 2.75) is 13.0 Å². The molecule has 0 amide bonds. The van der Waals surface area contributed by atoms with Crippen molar-refractivity contribution in [2.75, 3.05) is 26.4 Å². The minimum absolute atomic E-state index is 0.319. The number of nitrogen functional groups attached to an aromatic ring is 1. The SMILES string of the molecule is CN(C)CCCn1c(N)nc2c(F)cccc21. The lowest BCUT2D eigenvalue weighted by Crippen LogP contribution is -2.15. The first-order valence-electron chi connectivity index (χ1n) is 5.64. The first-order valence-corrected chi connectivity index (χ1v) is 5.64. The summed E-state index contributed by atoms with van der Waals surface area (Å²) < 4.78 is 15.4. The van der Waals surface area contributed by atoms with Crippen LogP contribution in [0, 0.1) is 5.82 Å². The Balaban J connectivity index is 2.27. The number of aromatic nitrogens is 2. The van der Waals surface area contributed by atoms with Gasteiger partial charge in [0.15, 0.2) is 5.82 Å². The van der Waals surface area contributed by atoms with Crippen molar-refractivity contribution in [1.29, 1.82) is 0 Å². The van der Waals surface area contributed by atoms with Gasteiger partial charge in [0.1, 0.15) is 5.52 Å². The summed E-state index contributed by atoms with van der Waals surface area (Å²) in [4.78, 5) is 6.17. The molecular formula is C12H17FN4. The molecule has 0 aliphatic rings. The number of nitrogens with two attached hydrogens (primary N) is 1. The number of hydrogen-bond donors (Lipinski definition) is 1. The van der Waals surface area contributed by atoms with Gasteiger partial charge in [-0.15, -0.1) is 0 Å². The summed E-state index contributed by atoms with van der Waals surface area (Å²) in [7, 11) is 4.05. The van der Waals surface area contributed by atoms with Crippen LogP contribution < -0.4 is 5.73 Å². The number of anilines is 1. The van der Waals surface area contributed by atoms with Crippen LogP contribution in [-0.2, 0) is 6.54 Å². The third-order valence-corrected chi connectivity index (χ3v) is 2.75. The van der Waals surface area contributed by atoms with Crippen LogP contribution in [0.4, 0.5) is 10.3 Å². The molecule has 0 spiro atoms. The summed E-state index contributed by atoms with van der Waals surface area (Å²) in [5, 5.41) is 0. The van der Waals surface area contributed by atoms with Gasteiger partial charge >= 0.3 is 0 Å². The minimum atomic E-state index is -0.319. The van der Waals surface area contributed by atoms with Gasteiger partial charge in [-0.2, -0.15) is 0 Å². The standard InChI is InChI=1S/C12H17FN4/c1-16(2)7-4-8-17-10-6-3-5-9(13)11(10)15-12(17)14/h3,5-6H,4,7-8H2,1-2H3,(H2,14,15). The van der Waals surface area contributed by atoms with Gasteiger partial charge in [0.25, 0.3) is 0 Å². The molecule has 0 radical (unpaired) electrons. The highest BCUT2D eigenvalue weighted by Crippen LogP contribution is 2.20. The predicted octanol–water partition coefficient (Wildman–Crippen LogP) is 1.71. The van der Waals surface area contributed by atoms with E-state index < -0.39 is 0 Å². The molecule has 0 atom stereocenters. The highest BCUT2D eigenvalue weighted by Gasteiger charge is 2.10. The van der Waals surface area contributed by atoms with Crippen molar-refractivity contribution in [3.63, 3.8) is 0 Å². The van der Waals surface area contributed by atoms with E-state index in [2.05, 4.69) is 9.88 Å². The number of halogens is 1. The van der Waals surface area contributed by atoms with E-state index in [4.69, 9.17) is 5.73 Å². The van der Waals surface area contributed by atoms with Crippen molar-refractivity contribution < 1.29 is 4.39 Å². The molecule has 0 unspecified atom stereocenters. The highest BCUT2D eigenvalue weighted by molar-refractivity contribution is 5.78. The fourth-order valence-corrected chi connectivity index (χ4v) is 1.91. The van der Waals surface area contributed by atoms with E-state index in [9.17, 15) is 4.39 Å². The van der Waals surface area contributed by atoms with Gasteiger partial charge < -0.3 is 15.2 Å². The molecule has 0 aliphatic heterocycles. The van der Waals surface area contributed by atoms with Gasteiger partial charge in [-0.3, -0.25) is 0 Å². The number of para-hydroxylation sites is 1. The first-order chi connectivity index (χ1) is 8.09. The topological polar surface area (TPSA) is 47.1 Å². The highest BCUT2D eigenvalue weighted by atomic mass is 19.1. The summed E-state index contributed by atoms with van der Waals surface area (Å²) >= 11 is 0. The Labute approximate surface area is 99.8 Å². The molecule has 1 aromatic heterocycles. The maximum Gasteiger partial charge on any atom is 0.201 e. The van der Waals surface area contributed by atoms with Crippen molar-refractivity contribution >= 4 is 17.0 Å². The Bertz CT molecular complexity index is 518. The second-order valence-electron chi connectivity index (χ2n) is 4.39. The van der Waals surface area contributed by atoms with Crippen LogP contribution in [0.15, 0.2) is 18.2 Å². The zero-order chi connectivity index (χ0) is 12.4. The quantitative estimate of drug-likeness (QED) is 0.879. The molecule has 4 nitrogen and oxygen atoms in total. The summed E-state index contributed by atoms with van der Waals surface area (Å²) in [6.07, 6.45) is 0.958. The lowest BCUT2D eigenvalue weighted by Gasteiger charge is -2.10. The van der Waals surface area contributed by atoms with Crippen LogP contribution in [-0.4, -0.2) is 35.1 Å². The zero-order valence-corrected chi connectivity index (χ0v) is 10.2. The Hall–Kier alpha value is -1.62. The largest absolute Gasteiger partial charge is 0.369 e. The van der Waals surface area contributed by atoms with E-state index in [0.717, 1.165) is 25.0 Å². The summed E-state index contributed by atoms with van der Waals surface area (Å²) in [6, 6.07) is 4.93. The van der Waals surface area contributed by atoms with Crippen LogP contribution >= 0.6 is 0 Å². The second kappa shape index (κ2) is 4.71. The minimum Gasteiger partial charge on any atom is -0.369 e. The van der Waals surface area contributed by atoms with Crippen LogP contribution in [0.1, 0.15) is 6.42 Å². The number of imidazole rings is 1. The number of fused-ring (bicyclic) bond motifs is 1. The Morgan fingerprint density at radius 3 is 2.88 bits per heavy atom. The third-order valence-electron chi connectivity index (χ3n) is 2.75. The van der Waals surface area contributed by atoms with Gasteiger partial charge in [0.05, 0.1) is 5.52 Å². The molecule has 17 heavy (non-hydrogen) atoms. The second-order valence-corrected chi connectivity index (χ2v) is 4.39. The Morgan fingerprint density at radius 2 is 2.18 bits per heavy atom. The summed E-state index contributed by atoms with van der Waals surface area (Å²) in [5.74, 6) is 0.0596. The first kappa shape index (κ1) is 11.9. The maximum atomic E-state index is 13.5.